The summed E-state index contributed by atoms with van der Waals surface area (Å²) < 4.78 is 1.42. The Balaban J connectivity index is 0.000000734. The van der Waals surface area contributed by atoms with Crippen molar-refractivity contribution in [1.82, 2.24) is 15.2 Å². The highest BCUT2D eigenvalue weighted by atomic mass is 15.3. The standard InChI is InChI=1S/C16H36N.C2H3N3/c1-5-9-13-17(14-10-6-2,15-11-7-3)16-12-8-4;1-3-2-5-4-1/h5-16H2,1-4H3;1-2H,(H,3,4,5)/q+1;. The van der Waals surface area contributed by atoms with Crippen molar-refractivity contribution < 1.29 is 4.48 Å². The number of quaternary nitrogens is 1. The van der Waals surface area contributed by atoms with Gasteiger partial charge in [-0.25, -0.2) is 4.98 Å². The van der Waals surface area contributed by atoms with Gasteiger partial charge in [0.2, 0.25) is 0 Å². The highest BCUT2D eigenvalue weighted by molar-refractivity contribution is 4.49. The van der Waals surface area contributed by atoms with E-state index in [1.807, 2.05) is 0 Å². The number of unbranched alkanes of at least 4 members (excludes halogenated alkanes) is 4. The SMILES string of the molecule is CCCC[N+](CCCC)(CCCC)CCCC.c1nc[nH]n1. The van der Waals surface area contributed by atoms with Crippen LogP contribution in [0.2, 0.25) is 0 Å². The molecule has 0 aliphatic heterocycles. The lowest BCUT2D eigenvalue weighted by Crippen LogP contribution is -2.50. The molecule has 4 heteroatoms. The van der Waals surface area contributed by atoms with Crippen molar-refractivity contribution >= 4 is 0 Å². The molecule has 0 saturated carbocycles. The lowest BCUT2D eigenvalue weighted by Gasteiger charge is -2.39. The minimum Gasteiger partial charge on any atom is -0.324 e. The van der Waals surface area contributed by atoms with E-state index in [4.69, 9.17) is 0 Å². The van der Waals surface area contributed by atoms with Gasteiger partial charge in [-0.1, -0.05) is 53.4 Å². The van der Waals surface area contributed by atoms with E-state index in [9.17, 15) is 0 Å². The van der Waals surface area contributed by atoms with Crippen LogP contribution in [-0.2, 0) is 0 Å². The molecule has 1 aromatic rings. The fourth-order valence-electron chi connectivity index (χ4n) is 2.81. The summed E-state index contributed by atoms with van der Waals surface area (Å²) in [5, 5.41) is 5.99. The minimum absolute atomic E-state index is 1.35. The molecule has 0 atom stereocenters. The van der Waals surface area contributed by atoms with Gasteiger partial charge in [-0.05, 0) is 25.7 Å². The van der Waals surface area contributed by atoms with E-state index in [-0.39, 0.29) is 0 Å². The van der Waals surface area contributed by atoms with E-state index in [1.54, 1.807) is 0 Å². The number of aromatic nitrogens is 3. The first-order chi connectivity index (χ1) is 10.7. The Morgan fingerprint density at radius 2 is 1.14 bits per heavy atom. The third kappa shape index (κ3) is 10.8. The van der Waals surface area contributed by atoms with Crippen molar-refractivity contribution in [1.29, 1.82) is 0 Å². The first-order valence-corrected chi connectivity index (χ1v) is 9.38. The van der Waals surface area contributed by atoms with Gasteiger partial charge in [0, 0.05) is 0 Å². The van der Waals surface area contributed by atoms with Crippen LogP contribution in [0.3, 0.4) is 0 Å². The van der Waals surface area contributed by atoms with Gasteiger partial charge < -0.3 is 4.48 Å². The van der Waals surface area contributed by atoms with E-state index < -0.39 is 0 Å². The van der Waals surface area contributed by atoms with E-state index in [0.29, 0.717) is 0 Å². The van der Waals surface area contributed by atoms with Gasteiger partial charge in [0.25, 0.3) is 0 Å². The normalized spacial score (nSPS) is 11.1. The number of nitrogens with zero attached hydrogens (tertiary/aromatic N) is 3. The fourth-order valence-corrected chi connectivity index (χ4v) is 2.81. The van der Waals surface area contributed by atoms with Gasteiger partial charge in [-0.3, -0.25) is 5.10 Å². The maximum atomic E-state index is 3.56. The number of H-pyrrole nitrogens is 1. The Hall–Kier alpha value is -0.900. The average Bonchev–Trinajstić information content (AvgIpc) is 3.13. The second-order valence-electron chi connectivity index (χ2n) is 6.30. The molecule has 1 aromatic heterocycles. The molecule has 0 fully saturated rings. The molecule has 0 aliphatic carbocycles. The van der Waals surface area contributed by atoms with E-state index >= 15 is 0 Å². The molecule has 1 heterocycles. The molecule has 0 aliphatic rings. The highest BCUT2D eigenvalue weighted by Crippen LogP contribution is 2.16. The van der Waals surface area contributed by atoms with Crippen molar-refractivity contribution in [2.75, 3.05) is 26.2 Å². The zero-order chi connectivity index (χ0) is 16.5. The largest absolute Gasteiger partial charge is 0.324 e. The third-order valence-electron chi connectivity index (χ3n) is 4.28. The summed E-state index contributed by atoms with van der Waals surface area (Å²) in [6.07, 6.45) is 14.0. The Bertz CT molecular complexity index is 243. The first-order valence-electron chi connectivity index (χ1n) is 9.38. The van der Waals surface area contributed by atoms with Gasteiger partial charge in [-0.15, -0.1) is 0 Å². The molecular formula is C18H39N4+. The van der Waals surface area contributed by atoms with Crippen molar-refractivity contribution in [3.63, 3.8) is 0 Å². The second kappa shape index (κ2) is 15.0. The average molecular weight is 312 g/mol. The molecule has 0 aromatic carbocycles. The van der Waals surface area contributed by atoms with Crippen LogP contribution in [-0.4, -0.2) is 45.8 Å². The summed E-state index contributed by atoms with van der Waals surface area (Å²) in [5.74, 6) is 0. The van der Waals surface area contributed by atoms with E-state index in [2.05, 4.69) is 42.9 Å². The number of rotatable bonds is 12. The maximum absolute atomic E-state index is 3.56. The van der Waals surface area contributed by atoms with Gasteiger partial charge >= 0.3 is 0 Å². The summed E-state index contributed by atoms with van der Waals surface area (Å²) in [4.78, 5) is 3.56. The lowest BCUT2D eigenvalue weighted by atomic mass is 10.1. The maximum Gasteiger partial charge on any atom is 0.137 e. The topological polar surface area (TPSA) is 41.6 Å². The van der Waals surface area contributed by atoms with Crippen LogP contribution in [0, 0.1) is 0 Å². The summed E-state index contributed by atoms with van der Waals surface area (Å²) >= 11 is 0. The molecule has 130 valence electrons. The van der Waals surface area contributed by atoms with Gasteiger partial charge in [0.15, 0.2) is 0 Å². The number of nitrogens with one attached hydrogen (secondary N) is 1. The van der Waals surface area contributed by atoms with Crippen molar-refractivity contribution in [2.24, 2.45) is 0 Å². The van der Waals surface area contributed by atoms with Gasteiger partial charge in [0.1, 0.15) is 12.7 Å². The minimum atomic E-state index is 1.35. The van der Waals surface area contributed by atoms with Crippen molar-refractivity contribution in [2.45, 2.75) is 79.1 Å². The van der Waals surface area contributed by atoms with E-state index in [0.717, 1.165) is 0 Å². The quantitative estimate of drug-likeness (QED) is 0.563. The van der Waals surface area contributed by atoms with Crippen LogP contribution in [0.1, 0.15) is 79.1 Å². The van der Waals surface area contributed by atoms with E-state index in [1.165, 1.54) is 94.7 Å². The molecule has 0 radical (unpaired) electrons. The number of aromatic amines is 1. The Morgan fingerprint density at radius 3 is 1.32 bits per heavy atom. The molecule has 0 spiro atoms. The molecule has 1 N–H and O–H groups in total. The Morgan fingerprint density at radius 1 is 0.727 bits per heavy atom. The van der Waals surface area contributed by atoms with Crippen LogP contribution in [0.4, 0.5) is 0 Å². The third-order valence-corrected chi connectivity index (χ3v) is 4.28. The highest BCUT2D eigenvalue weighted by Gasteiger charge is 2.24. The summed E-state index contributed by atoms with van der Waals surface area (Å²) in [7, 11) is 0. The molecule has 1 rings (SSSR count). The zero-order valence-corrected chi connectivity index (χ0v) is 15.5. The molecular weight excluding hydrogens is 272 g/mol. The molecule has 0 amide bonds. The van der Waals surface area contributed by atoms with Crippen LogP contribution in [0.25, 0.3) is 0 Å². The monoisotopic (exact) mass is 311 g/mol. The smallest absolute Gasteiger partial charge is 0.137 e. The Labute approximate surface area is 138 Å². The summed E-state index contributed by atoms with van der Waals surface area (Å²) in [6, 6.07) is 0. The molecule has 4 nitrogen and oxygen atoms in total. The Kier molecular flexibility index (Phi) is 14.4. The van der Waals surface area contributed by atoms with Gasteiger partial charge in [0.05, 0.1) is 26.2 Å². The summed E-state index contributed by atoms with van der Waals surface area (Å²) in [5.41, 5.74) is 0. The fraction of sp³-hybridized carbons (Fsp3) is 0.889. The molecule has 0 saturated heterocycles. The zero-order valence-electron chi connectivity index (χ0n) is 15.5. The number of hydrogen-bond donors (Lipinski definition) is 1. The lowest BCUT2D eigenvalue weighted by molar-refractivity contribution is -0.929. The van der Waals surface area contributed by atoms with Crippen molar-refractivity contribution in [3.8, 4) is 0 Å². The molecule has 22 heavy (non-hydrogen) atoms. The van der Waals surface area contributed by atoms with Crippen LogP contribution in [0.5, 0.6) is 0 Å². The predicted octanol–water partition coefficient (Wildman–Crippen LogP) is 4.81. The first kappa shape index (κ1) is 21.1. The molecule has 0 unspecified atom stereocenters. The number of hydrogen-bond acceptors (Lipinski definition) is 2. The van der Waals surface area contributed by atoms with Crippen LogP contribution in [0.15, 0.2) is 12.7 Å². The predicted molar refractivity (Wildman–Crippen MR) is 95.7 cm³/mol. The van der Waals surface area contributed by atoms with Gasteiger partial charge in [-0.2, -0.15) is 5.10 Å². The molecule has 0 bridgehead atoms. The summed E-state index contributed by atoms with van der Waals surface area (Å²) in [6.45, 7) is 15.0. The van der Waals surface area contributed by atoms with Crippen LogP contribution < -0.4 is 0 Å². The van der Waals surface area contributed by atoms with Crippen molar-refractivity contribution in [3.05, 3.63) is 12.7 Å². The second-order valence-corrected chi connectivity index (χ2v) is 6.30. The van der Waals surface area contributed by atoms with Crippen LogP contribution >= 0.6 is 0 Å².